The van der Waals surface area contributed by atoms with Gasteiger partial charge in [0.1, 0.15) is 5.58 Å². The normalized spacial score (nSPS) is 12.0. The van der Waals surface area contributed by atoms with E-state index in [-0.39, 0.29) is 5.41 Å². The lowest BCUT2D eigenvalue weighted by Crippen LogP contribution is -2.11. The smallest absolute Gasteiger partial charge is 0.158 e. The zero-order chi connectivity index (χ0) is 17.4. The highest BCUT2D eigenvalue weighted by molar-refractivity contribution is 6.08. The first kappa shape index (κ1) is 15.8. The van der Waals surface area contributed by atoms with Crippen molar-refractivity contribution < 1.29 is 4.42 Å². The lowest BCUT2D eigenvalue weighted by atomic mass is 9.87. The molecule has 1 aromatic heterocycles. The second-order valence-electron chi connectivity index (χ2n) is 7.58. The minimum absolute atomic E-state index is 0.186. The maximum Gasteiger partial charge on any atom is 0.158 e. The highest BCUT2D eigenvalue weighted by atomic mass is 16.3. The fourth-order valence-electron chi connectivity index (χ4n) is 3.21. The Kier molecular flexibility index (Phi) is 3.76. The van der Waals surface area contributed by atoms with E-state index in [0.717, 1.165) is 34.2 Å². The second-order valence-corrected chi connectivity index (χ2v) is 7.58. The van der Waals surface area contributed by atoms with Gasteiger partial charge in [-0.1, -0.05) is 75.4 Å². The third-order valence-corrected chi connectivity index (χ3v) is 4.71. The molecule has 3 aromatic carbocycles. The molecule has 1 heterocycles. The van der Waals surface area contributed by atoms with Crippen molar-refractivity contribution in [2.75, 3.05) is 5.32 Å². The van der Waals surface area contributed by atoms with E-state index in [2.05, 4.69) is 74.6 Å². The fourth-order valence-corrected chi connectivity index (χ4v) is 3.21. The first-order valence-corrected chi connectivity index (χ1v) is 8.76. The number of fused-ring (bicyclic) bond motifs is 3. The molecule has 0 spiro atoms. The molecule has 25 heavy (non-hydrogen) atoms. The Morgan fingerprint density at radius 1 is 0.800 bits per heavy atom. The molecule has 0 saturated carbocycles. The topological polar surface area (TPSA) is 25.2 Å². The molecule has 0 aliphatic rings. The van der Waals surface area contributed by atoms with Crippen LogP contribution in [0, 0.1) is 0 Å². The highest BCUT2D eigenvalue weighted by Gasteiger charge is 2.13. The molecule has 0 aliphatic carbocycles. The Bertz CT molecular complexity index is 1020. The number of nitrogens with one attached hydrogen (secondary N) is 1. The number of rotatable bonds is 3. The largest absolute Gasteiger partial charge is 0.454 e. The summed E-state index contributed by atoms with van der Waals surface area (Å²) >= 11 is 0. The molecule has 4 rings (SSSR count). The quantitative estimate of drug-likeness (QED) is 0.464. The Balaban J connectivity index is 1.61. The number of anilines is 1. The Labute approximate surface area is 148 Å². The van der Waals surface area contributed by atoms with Crippen LogP contribution in [0.15, 0.2) is 71.1 Å². The zero-order valence-corrected chi connectivity index (χ0v) is 15.0. The molecule has 0 aliphatic heterocycles. The molecule has 126 valence electrons. The van der Waals surface area contributed by atoms with Crippen molar-refractivity contribution in [3.63, 3.8) is 0 Å². The van der Waals surface area contributed by atoms with Crippen LogP contribution in [0.2, 0.25) is 0 Å². The van der Waals surface area contributed by atoms with E-state index < -0.39 is 0 Å². The van der Waals surface area contributed by atoms with Gasteiger partial charge in [0.05, 0.1) is 5.69 Å². The maximum atomic E-state index is 6.07. The van der Waals surface area contributed by atoms with Crippen LogP contribution in [0.4, 0.5) is 5.69 Å². The monoisotopic (exact) mass is 329 g/mol. The van der Waals surface area contributed by atoms with Gasteiger partial charge in [0.2, 0.25) is 0 Å². The van der Waals surface area contributed by atoms with Crippen LogP contribution in [0.3, 0.4) is 0 Å². The van der Waals surface area contributed by atoms with Crippen LogP contribution < -0.4 is 5.32 Å². The molecule has 2 nitrogen and oxygen atoms in total. The van der Waals surface area contributed by atoms with Gasteiger partial charge in [-0.25, -0.2) is 0 Å². The van der Waals surface area contributed by atoms with Crippen LogP contribution in [0.1, 0.15) is 31.9 Å². The lowest BCUT2D eigenvalue weighted by molar-refractivity contribution is 0.590. The number of hydrogen-bond donors (Lipinski definition) is 1. The molecule has 0 bridgehead atoms. The summed E-state index contributed by atoms with van der Waals surface area (Å²) in [6.45, 7) is 7.49. The van der Waals surface area contributed by atoms with Gasteiger partial charge in [-0.05, 0) is 28.7 Å². The Morgan fingerprint density at radius 3 is 2.28 bits per heavy atom. The average Bonchev–Trinajstić information content (AvgIpc) is 2.99. The van der Waals surface area contributed by atoms with Crippen molar-refractivity contribution in [1.82, 2.24) is 0 Å². The third-order valence-electron chi connectivity index (χ3n) is 4.71. The van der Waals surface area contributed by atoms with E-state index in [1.54, 1.807) is 0 Å². The van der Waals surface area contributed by atoms with Crippen molar-refractivity contribution in [3.8, 4) is 0 Å². The molecule has 0 radical (unpaired) electrons. The summed E-state index contributed by atoms with van der Waals surface area (Å²) in [6.07, 6.45) is 0. The minimum Gasteiger partial charge on any atom is -0.454 e. The van der Waals surface area contributed by atoms with Gasteiger partial charge in [-0.2, -0.15) is 0 Å². The highest BCUT2D eigenvalue weighted by Crippen LogP contribution is 2.33. The fraction of sp³-hybridized carbons (Fsp3) is 0.217. The van der Waals surface area contributed by atoms with Crippen molar-refractivity contribution in [3.05, 3.63) is 77.9 Å². The first-order chi connectivity index (χ1) is 12.0. The molecular formula is C23H23NO. The summed E-state index contributed by atoms with van der Waals surface area (Å²) in [6, 6.07) is 23.3. The van der Waals surface area contributed by atoms with Crippen LogP contribution in [-0.2, 0) is 12.0 Å². The van der Waals surface area contributed by atoms with E-state index in [1.807, 2.05) is 18.2 Å². The molecule has 4 aromatic rings. The van der Waals surface area contributed by atoms with Crippen LogP contribution >= 0.6 is 0 Å². The summed E-state index contributed by atoms with van der Waals surface area (Å²) in [5, 5.41) is 5.85. The van der Waals surface area contributed by atoms with Crippen molar-refractivity contribution in [2.45, 2.75) is 32.7 Å². The van der Waals surface area contributed by atoms with E-state index in [9.17, 15) is 0 Å². The van der Waals surface area contributed by atoms with Gasteiger partial charge in [-0.15, -0.1) is 0 Å². The second kappa shape index (κ2) is 5.96. The zero-order valence-electron chi connectivity index (χ0n) is 15.0. The maximum absolute atomic E-state index is 6.07. The summed E-state index contributed by atoms with van der Waals surface area (Å²) in [5.41, 5.74) is 5.70. The number of benzene rings is 3. The Morgan fingerprint density at radius 2 is 1.52 bits per heavy atom. The van der Waals surface area contributed by atoms with Gasteiger partial charge in [0.25, 0.3) is 0 Å². The van der Waals surface area contributed by atoms with Crippen LogP contribution in [0.25, 0.3) is 21.9 Å². The molecule has 0 unspecified atom stereocenters. The number of hydrogen-bond acceptors (Lipinski definition) is 2. The van der Waals surface area contributed by atoms with Gasteiger partial charge in [0, 0.05) is 17.3 Å². The minimum atomic E-state index is 0.186. The van der Waals surface area contributed by atoms with E-state index >= 15 is 0 Å². The average molecular weight is 329 g/mol. The van der Waals surface area contributed by atoms with Gasteiger partial charge < -0.3 is 9.73 Å². The molecule has 1 N–H and O–H groups in total. The summed E-state index contributed by atoms with van der Waals surface area (Å²) in [7, 11) is 0. The van der Waals surface area contributed by atoms with Crippen molar-refractivity contribution in [1.29, 1.82) is 0 Å². The predicted octanol–water partition coefficient (Wildman–Crippen LogP) is 6.50. The standard InChI is InChI=1S/C23H23NO/c1-23(2,3)17-13-11-16(12-14-17)15-24-20-9-6-8-19-18-7-4-5-10-21(18)25-22(19)20/h4-14,24H,15H2,1-3H3. The first-order valence-electron chi connectivity index (χ1n) is 8.76. The third kappa shape index (κ3) is 3.00. The van der Waals surface area contributed by atoms with Crippen LogP contribution in [0.5, 0.6) is 0 Å². The van der Waals surface area contributed by atoms with E-state index in [4.69, 9.17) is 4.42 Å². The van der Waals surface area contributed by atoms with Gasteiger partial charge in [0.15, 0.2) is 5.58 Å². The summed E-state index contributed by atoms with van der Waals surface area (Å²) < 4.78 is 6.07. The van der Waals surface area contributed by atoms with Gasteiger partial charge in [-0.3, -0.25) is 0 Å². The number of para-hydroxylation sites is 2. The molecule has 0 saturated heterocycles. The number of furan rings is 1. The Hall–Kier alpha value is -2.74. The SMILES string of the molecule is CC(C)(C)c1ccc(CNc2cccc3c2oc2ccccc23)cc1. The predicted molar refractivity (Wildman–Crippen MR) is 106 cm³/mol. The molecule has 0 fully saturated rings. The van der Waals surface area contributed by atoms with Crippen molar-refractivity contribution >= 4 is 27.6 Å². The molecule has 2 heteroatoms. The lowest BCUT2D eigenvalue weighted by Gasteiger charge is -2.19. The van der Waals surface area contributed by atoms with Crippen molar-refractivity contribution in [2.24, 2.45) is 0 Å². The van der Waals surface area contributed by atoms with E-state index in [1.165, 1.54) is 11.1 Å². The summed E-state index contributed by atoms with van der Waals surface area (Å²) in [5.74, 6) is 0. The molecule has 0 atom stereocenters. The molecular weight excluding hydrogens is 306 g/mol. The van der Waals surface area contributed by atoms with Crippen LogP contribution in [-0.4, -0.2) is 0 Å². The van der Waals surface area contributed by atoms with E-state index in [0.29, 0.717) is 0 Å². The summed E-state index contributed by atoms with van der Waals surface area (Å²) in [4.78, 5) is 0. The van der Waals surface area contributed by atoms with Gasteiger partial charge >= 0.3 is 0 Å². The molecule has 0 amide bonds.